The molecule has 0 unspecified atom stereocenters. The molecule has 2 aromatic carbocycles. The standard InChI is InChI=1S/C22H24ClN3O2/c1-15-11-20(12-16(2)21(15)23)28-14-17-5-7-18(8-6-17)22(27)25(3)13-19-9-10-26(4)24-19/h5-12H,13-14H2,1-4H3. The molecule has 0 radical (unpaired) electrons. The van der Waals surface area contributed by atoms with Crippen LogP contribution in [0.4, 0.5) is 0 Å². The average molecular weight is 398 g/mol. The summed E-state index contributed by atoms with van der Waals surface area (Å²) in [4.78, 5) is 14.3. The van der Waals surface area contributed by atoms with E-state index in [0.29, 0.717) is 18.7 Å². The maximum absolute atomic E-state index is 12.6. The van der Waals surface area contributed by atoms with E-state index in [1.807, 2.05) is 69.6 Å². The first-order chi connectivity index (χ1) is 13.3. The Hall–Kier alpha value is -2.79. The minimum Gasteiger partial charge on any atom is -0.489 e. The van der Waals surface area contributed by atoms with E-state index in [-0.39, 0.29) is 5.91 Å². The van der Waals surface area contributed by atoms with E-state index in [2.05, 4.69) is 5.10 Å². The molecular weight excluding hydrogens is 374 g/mol. The zero-order valence-corrected chi connectivity index (χ0v) is 17.3. The number of aromatic nitrogens is 2. The molecule has 1 aromatic heterocycles. The average Bonchev–Trinajstić information content (AvgIpc) is 3.08. The molecular formula is C22H24ClN3O2. The molecule has 0 aliphatic heterocycles. The fraction of sp³-hybridized carbons (Fsp3) is 0.273. The van der Waals surface area contributed by atoms with Crippen molar-refractivity contribution in [3.05, 3.63) is 81.6 Å². The Labute approximate surface area is 170 Å². The minimum atomic E-state index is -0.0397. The fourth-order valence-electron chi connectivity index (χ4n) is 2.98. The molecule has 0 spiro atoms. The lowest BCUT2D eigenvalue weighted by atomic mass is 10.1. The summed E-state index contributed by atoms with van der Waals surface area (Å²) in [7, 11) is 3.64. The van der Waals surface area contributed by atoms with E-state index in [1.165, 1.54) is 0 Å². The summed E-state index contributed by atoms with van der Waals surface area (Å²) in [6.07, 6.45) is 1.87. The van der Waals surface area contributed by atoms with Crippen molar-refractivity contribution in [1.29, 1.82) is 0 Å². The SMILES string of the molecule is Cc1cc(OCc2ccc(C(=O)N(C)Cc3ccn(C)n3)cc2)cc(C)c1Cl. The number of carbonyl (C=O) groups is 1. The molecule has 0 aliphatic carbocycles. The molecule has 146 valence electrons. The summed E-state index contributed by atoms with van der Waals surface area (Å²) < 4.78 is 7.60. The van der Waals surface area contributed by atoms with Gasteiger partial charge in [0.05, 0.1) is 12.2 Å². The topological polar surface area (TPSA) is 47.4 Å². The van der Waals surface area contributed by atoms with Crippen molar-refractivity contribution < 1.29 is 9.53 Å². The van der Waals surface area contributed by atoms with E-state index < -0.39 is 0 Å². The molecule has 28 heavy (non-hydrogen) atoms. The molecule has 5 nitrogen and oxygen atoms in total. The molecule has 3 aromatic rings. The Kier molecular flexibility index (Phi) is 6.05. The molecule has 0 atom stereocenters. The first-order valence-corrected chi connectivity index (χ1v) is 9.44. The zero-order chi connectivity index (χ0) is 20.3. The molecule has 0 aliphatic rings. The van der Waals surface area contributed by atoms with Gasteiger partial charge in [-0.2, -0.15) is 5.10 Å². The van der Waals surface area contributed by atoms with Gasteiger partial charge in [0.2, 0.25) is 0 Å². The number of hydrogen-bond donors (Lipinski definition) is 0. The fourth-order valence-corrected chi connectivity index (χ4v) is 3.09. The van der Waals surface area contributed by atoms with Crippen molar-refractivity contribution in [3.63, 3.8) is 0 Å². The molecule has 0 bridgehead atoms. The molecule has 0 fully saturated rings. The van der Waals surface area contributed by atoms with Crippen LogP contribution in [0.3, 0.4) is 0 Å². The summed E-state index contributed by atoms with van der Waals surface area (Å²) in [5.41, 5.74) is 4.48. The monoisotopic (exact) mass is 397 g/mol. The summed E-state index contributed by atoms with van der Waals surface area (Å²) >= 11 is 6.20. The smallest absolute Gasteiger partial charge is 0.253 e. The highest BCUT2D eigenvalue weighted by molar-refractivity contribution is 6.32. The molecule has 3 rings (SSSR count). The van der Waals surface area contributed by atoms with Crippen molar-refractivity contribution in [2.24, 2.45) is 7.05 Å². The van der Waals surface area contributed by atoms with Gasteiger partial charge in [-0.1, -0.05) is 23.7 Å². The second-order valence-electron chi connectivity index (χ2n) is 7.00. The maximum Gasteiger partial charge on any atom is 0.253 e. The van der Waals surface area contributed by atoms with Crippen LogP contribution in [0.2, 0.25) is 5.02 Å². The minimum absolute atomic E-state index is 0.0397. The number of hydrogen-bond acceptors (Lipinski definition) is 3. The van der Waals surface area contributed by atoms with E-state index >= 15 is 0 Å². The Bertz CT molecular complexity index is 957. The summed E-state index contributed by atoms with van der Waals surface area (Å²) in [5, 5.41) is 5.08. The summed E-state index contributed by atoms with van der Waals surface area (Å²) in [6, 6.07) is 13.3. The maximum atomic E-state index is 12.6. The number of benzene rings is 2. The number of halogens is 1. The van der Waals surface area contributed by atoms with Gasteiger partial charge in [-0.05, 0) is 60.9 Å². The molecule has 1 amide bonds. The second kappa shape index (κ2) is 8.48. The van der Waals surface area contributed by atoms with Gasteiger partial charge in [0.15, 0.2) is 0 Å². The van der Waals surface area contributed by atoms with Crippen LogP contribution in [-0.4, -0.2) is 27.6 Å². The second-order valence-corrected chi connectivity index (χ2v) is 7.38. The third-order valence-electron chi connectivity index (χ3n) is 4.53. The van der Waals surface area contributed by atoms with Gasteiger partial charge < -0.3 is 9.64 Å². The van der Waals surface area contributed by atoms with Gasteiger partial charge in [-0.15, -0.1) is 0 Å². The van der Waals surface area contributed by atoms with Gasteiger partial charge >= 0.3 is 0 Å². The predicted molar refractivity (Wildman–Crippen MR) is 111 cm³/mol. The van der Waals surface area contributed by atoms with Crippen molar-refractivity contribution >= 4 is 17.5 Å². The predicted octanol–water partition coefficient (Wildman–Crippen LogP) is 4.54. The number of amides is 1. The number of aryl methyl sites for hydroxylation is 3. The van der Waals surface area contributed by atoms with Crippen molar-refractivity contribution in [3.8, 4) is 5.75 Å². The van der Waals surface area contributed by atoms with E-state index in [0.717, 1.165) is 33.2 Å². The zero-order valence-electron chi connectivity index (χ0n) is 16.6. The number of nitrogens with zero attached hydrogens (tertiary/aromatic N) is 3. The Morgan fingerprint density at radius 1 is 1.14 bits per heavy atom. The largest absolute Gasteiger partial charge is 0.489 e. The lowest BCUT2D eigenvalue weighted by molar-refractivity contribution is 0.0783. The molecule has 0 N–H and O–H groups in total. The van der Waals surface area contributed by atoms with Crippen molar-refractivity contribution in [1.82, 2.24) is 14.7 Å². The van der Waals surface area contributed by atoms with Gasteiger partial charge in [-0.25, -0.2) is 0 Å². The highest BCUT2D eigenvalue weighted by Crippen LogP contribution is 2.26. The normalized spacial score (nSPS) is 10.8. The lowest BCUT2D eigenvalue weighted by Gasteiger charge is -2.16. The van der Waals surface area contributed by atoms with Gasteiger partial charge in [0, 0.05) is 30.9 Å². The molecule has 0 saturated carbocycles. The van der Waals surface area contributed by atoms with Crippen LogP contribution >= 0.6 is 11.6 Å². The Morgan fingerprint density at radius 3 is 2.36 bits per heavy atom. The number of rotatable bonds is 6. The highest BCUT2D eigenvalue weighted by Gasteiger charge is 2.13. The van der Waals surface area contributed by atoms with Crippen molar-refractivity contribution in [2.45, 2.75) is 27.0 Å². The third kappa shape index (κ3) is 4.73. The van der Waals surface area contributed by atoms with E-state index in [9.17, 15) is 4.79 Å². The van der Waals surface area contributed by atoms with Crippen LogP contribution in [0, 0.1) is 13.8 Å². The van der Waals surface area contributed by atoms with Crippen LogP contribution in [0.1, 0.15) is 32.7 Å². The van der Waals surface area contributed by atoms with Crippen LogP contribution in [0.15, 0.2) is 48.7 Å². The van der Waals surface area contributed by atoms with Crippen LogP contribution in [0.25, 0.3) is 0 Å². The van der Waals surface area contributed by atoms with Crippen LogP contribution in [-0.2, 0) is 20.2 Å². The van der Waals surface area contributed by atoms with Gasteiger partial charge in [-0.3, -0.25) is 9.48 Å². The first-order valence-electron chi connectivity index (χ1n) is 9.06. The van der Waals surface area contributed by atoms with Gasteiger partial charge in [0.1, 0.15) is 12.4 Å². The third-order valence-corrected chi connectivity index (χ3v) is 5.13. The number of carbonyl (C=O) groups excluding carboxylic acids is 1. The molecule has 0 saturated heterocycles. The van der Waals surface area contributed by atoms with E-state index in [1.54, 1.807) is 16.6 Å². The van der Waals surface area contributed by atoms with Crippen molar-refractivity contribution in [2.75, 3.05) is 7.05 Å². The Balaban J connectivity index is 1.60. The molecule has 1 heterocycles. The number of ether oxygens (including phenoxy) is 1. The van der Waals surface area contributed by atoms with Crippen LogP contribution in [0.5, 0.6) is 5.75 Å². The molecule has 6 heteroatoms. The van der Waals surface area contributed by atoms with E-state index in [4.69, 9.17) is 16.3 Å². The quantitative estimate of drug-likeness (QED) is 0.613. The summed E-state index contributed by atoms with van der Waals surface area (Å²) in [6.45, 7) is 4.83. The summed E-state index contributed by atoms with van der Waals surface area (Å²) in [5.74, 6) is 0.747. The lowest BCUT2D eigenvalue weighted by Crippen LogP contribution is -2.26. The first kappa shape index (κ1) is 20.0. The van der Waals surface area contributed by atoms with Gasteiger partial charge in [0.25, 0.3) is 5.91 Å². The highest BCUT2D eigenvalue weighted by atomic mass is 35.5. The Morgan fingerprint density at radius 2 is 1.79 bits per heavy atom. The van der Waals surface area contributed by atoms with Crippen LogP contribution < -0.4 is 4.74 Å².